The first-order valence-electron chi connectivity index (χ1n) is 5.15. The first-order chi connectivity index (χ1) is 8.58. The van der Waals surface area contributed by atoms with Gasteiger partial charge in [-0.15, -0.1) is 11.6 Å². The Balaban J connectivity index is 2.69. The van der Waals surface area contributed by atoms with Crippen molar-refractivity contribution in [2.75, 3.05) is 32.0 Å². The molecule has 0 aliphatic rings. The first kappa shape index (κ1) is 14.9. The minimum Gasteiger partial charge on any atom is -0.491 e. The summed E-state index contributed by atoms with van der Waals surface area (Å²) in [5, 5.41) is 4.07. The normalized spacial score (nSPS) is 10.0. The monoisotopic (exact) mass is 292 g/mol. The van der Waals surface area contributed by atoms with E-state index in [9.17, 15) is 4.79 Å². The van der Waals surface area contributed by atoms with Gasteiger partial charge in [0, 0.05) is 12.7 Å². The van der Waals surface area contributed by atoms with Crippen LogP contribution in [-0.2, 0) is 4.84 Å². The summed E-state index contributed by atoms with van der Waals surface area (Å²) < 4.78 is 5.30. The van der Waals surface area contributed by atoms with Crippen LogP contribution in [0.1, 0.15) is 0 Å². The van der Waals surface area contributed by atoms with E-state index >= 15 is 0 Å². The molecule has 0 fully saturated rings. The van der Waals surface area contributed by atoms with Crippen molar-refractivity contribution in [1.29, 1.82) is 0 Å². The quantitative estimate of drug-likeness (QED) is 0.670. The highest BCUT2D eigenvalue weighted by Crippen LogP contribution is 2.27. The van der Waals surface area contributed by atoms with Crippen LogP contribution in [0.4, 0.5) is 10.5 Å². The molecule has 100 valence electrons. The van der Waals surface area contributed by atoms with Gasteiger partial charge in [0.05, 0.1) is 18.0 Å². The van der Waals surface area contributed by atoms with Crippen LogP contribution >= 0.6 is 23.2 Å². The maximum absolute atomic E-state index is 11.5. The summed E-state index contributed by atoms with van der Waals surface area (Å²) in [5.41, 5.74) is 0.548. The summed E-state index contributed by atoms with van der Waals surface area (Å²) in [6.45, 7) is 0.374. The Morgan fingerprint density at radius 3 is 2.78 bits per heavy atom. The molecule has 0 aromatic heterocycles. The zero-order valence-electron chi connectivity index (χ0n) is 10.1. The van der Waals surface area contributed by atoms with Crippen molar-refractivity contribution in [2.24, 2.45) is 0 Å². The summed E-state index contributed by atoms with van der Waals surface area (Å²) in [4.78, 5) is 16.2. The average Bonchev–Trinajstić information content (AvgIpc) is 2.36. The Labute approximate surface area is 116 Å². The van der Waals surface area contributed by atoms with E-state index < -0.39 is 6.03 Å². The van der Waals surface area contributed by atoms with Crippen molar-refractivity contribution in [3.63, 3.8) is 0 Å². The molecule has 5 nitrogen and oxygen atoms in total. The summed E-state index contributed by atoms with van der Waals surface area (Å²) in [6.07, 6.45) is 0. The van der Waals surface area contributed by atoms with E-state index in [0.717, 1.165) is 5.06 Å². The molecule has 1 aromatic rings. The number of nitrogens with one attached hydrogen (secondary N) is 1. The van der Waals surface area contributed by atoms with E-state index in [2.05, 4.69) is 5.32 Å². The molecule has 0 heterocycles. The molecule has 0 unspecified atom stereocenters. The van der Waals surface area contributed by atoms with E-state index in [4.69, 9.17) is 32.8 Å². The number of amides is 2. The fourth-order valence-electron chi connectivity index (χ4n) is 1.13. The summed E-state index contributed by atoms with van der Waals surface area (Å²) in [5.74, 6) is 0.906. The van der Waals surface area contributed by atoms with Crippen molar-refractivity contribution in [1.82, 2.24) is 5.06 Å². The van der Waals surface area contributed by atoms with Gasteiger partial charge in [-0.05, 0) is 18.2 Å². The SMILES string of the molecule is CON(C)C(=O)Nc1ccc(OCCCl)c(Cl)c1. The van der Waals surface area contributed by atoms with Crippen LogP contribution in [-0.4, -0.2) is 37.7 Å². The van der Waals surface area contributed by atoms with Crippen LogP contribution in [0.25, 0.3) is 0 Å². The lowest BCUT2D eigenvalue weighted by Crippen LogP contribution is -2.30. The van der Waals surface area contributed by atoms with E-state index in [1.165, 1.54) is 14.2 Å². The molecular weight excluding hydrogens is 279 g/mol. The predicted octanol–water partition coefficient (Wildman–Crippen LogP) is 2.98. The molecule has 0 spiro atoms. The molecule has 1 N–H and O–H groups in total. The number of halogens is 2. The second-order valence-electron chi connectivity index (χ2n) is 3.29. The fourth-order valence-corrected chi connectivity index (χ4v) is 1.44. The first-order valence-corrected chi connectivity index (χ1v) is 6.07. The Bertz CT molecular complexity index is 415. The van der Waals surface area contributed by atoms with Gasteiger partial charge in [-0.1, -0.05) is 11.6 Å². The van der Waals surface area contributed by atoms with Crippen molar-refractivity contribution < 1.29 is 14.4 Å². The second kappa shape index (κ2) is 7.31. The maximum atomic E-state index is 11.5. The average molecular weight is 293 g/mol. The standard InChI is InChI=1S/C11H14Cl2N2O3/c1-15(17-2)11(16)14-8-3-4-10(9(13)7-8)18-6-5-12/h3-4,7H,5-6H2,1-2H3,(H,14,16). The molecule has 0 saturated heterocycles. The zero-order chi connectivity index (χ0) is 13.5. The molecule has 1 rings (SSSR count). The van der Waals surface area contributed by atoms with Gasteiger partial charge >= 0.3 is 6.03 Å². The number of carbonyl (C=O) groups is 1. The zero-order valence-corrected chi connectivity index (χ0v) is 11.6. The lowest BCUT2D eigenvalue weighted by atomic mass is 10.3. The Morgan fingerprint density at radius 1 is 1.50 bits per heavy atom. The van der Waals surface area contributed by atoms with Gasteiger partial charge in [-0.2, -0.15) is 0 Å². The Kier molecular flexibility index (Phi) is 6.04. The lowest BCUT2D eigenvalue weighted by molar-refractivity contribution is -0.0598. The van der Waals surface area contributed by atoms with Gasteiger partial charge in [0.15, 0.2) is 0 Å². The summed E-state index contributed by atoms with van der Waals surface area (Å²) in [6, 6.07) is 4.53. The summed E-state index contributed by atoms with van der Waals surface area (Å²) in [7, 11) is 2.89. The van der Waals surface area contributed by atoms with Gasteiger partial charge in [0.2, 0.25) is 0 Å². The molecule has 0 radical (unpaired) electrons. The molecule has 0 aliphatic carbocycles. The van der Waals surface area contributed by atoms with Crippen molar-refractivity contribution >= 4 is 34.9 Å². The number of ether oxygens (including phenoxy) is 1. The largest absolute Gasteiger partial charge is 0.491 e. The van der Waals surface area contributed by atoms with Crippen molar-refractivity contribution in [3.8, 4) is 5.75 Å². The van der Waals surface area contributed by atoms with Gasteiger partial charge in [-0.25, -0.2) is 9.86 Å². The van der Waals surface area contributed by atoms with Crippen LogP contribution < -0.4 is 10.1 Å². The molecule has 0 aliphatic heterocycles. The third-order valence-corrected chi connectivity index (χ3v) is 2.53. The topological polar surface area (TPSA) is 50.8 Å². The Morgan fingerprint density at radius 2 is 2.22 bits per heavy atom. The molecule has 0 bridgehead atoms. The van der Waals surface area contributed by atoms with Crippen LogP contribution in [0.3, 0.4) is 0 Å². The minimum atomic E-state index is -0.400. The number of hydrogen-bond donors (Lipinski definition) is 1. The number of carbonyl (C=O) groups excluding carboxylic acids is 1. The minimum absolute atomic E-state index is 0.374. The fraction of sp³-hybridized carbons (Fsp3) is 0.364. The molecule has 7 heteroatoms. The van der Waals surface area contributed by atoms with Crippen LogP contribution in [0.5, 0.6) is 5.75 Å². The molecule has 0 atom stereocenters. The highest BCUT2D eigenvalue weighted by atomic mass is 35.5. The van der Waals surface area contributed by atoms with E-state index in [1.807, 2.05) is 0 Å². The molecular formula is C11H14Cl2N2O3. The third-order valence-electron chi connectivity index (χ3n) is 2.08. The molecule has 18 heavy (non-hydrogen) atoms. The number of rotatable bonds is 5. The predicted molar refractivity (Wildman–Crippen MR) is 71.5 cm³/mol. The maximum Gasteiger partial charge on any atom is 0.345 e. The van der Waals surface area contributed by atoms with Crippen molar-refractivity contribution in [2.45, 2.75) is 0 Å². The van der Waals surface area contributed by atoms with Crippen LogP contribution in [0, 0.1) is 0 Å². The summed E-state index contributed by atoms with van der Waals surface area (Å²) >= 11 is 11.5. The molecule has 1 aromatic carbocycles. The van der Waals surface area contributed by atoms with Gasteiger partial charge in [0.1, 0.15) is 12.4 Å². The van der Waals surface area contributed by atoms with Gasteiger partial charge in [0.25, 0.3) is 0 Å². The Hall–Kier alpha value is -1.17. The van der Waals surface area contributed by atoms with E-state index in [1.54, 1.807) is 18.2 Å². The number of alkyl halides is 1. The number of nitrogens with zero attached hydrogens (tertiary/aromatic N) is 1. The van der Waals surface area contributed by atoms with E-state index in [-0.39, 0.29) is 0 Å². The highest BCUT2D eigenvalue weighted by Gasteiger charge is 2.09. The second-order valence-corrected chi connectivity index (χ2v) is 4.08. The van der Waals surface area contributed by atoms with E-state index in [0.29, 0.717) is 28.9 Å². The number of anilines is 1. The molecule has 0 saturated carbocycles. The van der Waals surface area contributed by atoms with Crippen LogP contribution in [0.2, 0.25) is 5.02 Å². The van der Waals surface area contributed by atoms with Gasteiger partial charge < -0.3 is 10.1 Å². The highest BCUT2D eigenvalue weighted by molar-refractivity contribution is 6.32. The number of benzene rings is 1. The number of hydrogen-bond acceptors (Lipinski definition) is 3. The lowest BCUT2D eigenvalue weighted by Gasteiger charge is -2.15. The van der Waals surface area contributed by atoms with Crippen LogP contribution in [0.15, 0.2) is 18.2 Å². The number of hydroxylamine groups is 2. The third kappa shape index (κ3) is 4.25. The van der Waals surface area contributed by atoms with Gasteiger partial charge in [-0.3, -0.25) is 4.84 Å². The molecule has 2 amide bonds. The van der Waals surface area contributed by atoms with Crippen molar-refractivity contribution in [3.05, 3.63) is 23.2 Å². The number of urea groups is 1. The smallest absolute Gasteiger partial charge is 0.345 e.